The van der Waals surface area contributed by atoms with Gasteiger partial charge in [0.2, 0.25) is 5.91 Å². The summed E-state index contributed by atoms with van der Waals surface area (Å²) in [4.78, 5) is 32.7. The molecule has 0 spiro atoms. The number of hydrogen-bond donors (Lipinski definition) is 0. The van der Waals surface area contributed by atoms with Crippen LogP contribution in [-0.4, -0.2) is 64.5 Å². The number of amides is 2. The molecule has 0 saturated carbocycles. The topological polar surface area (TPSA) is 69.6 Å². The van der Waals surface area contributed by atoms with Gasteiger partial charge < -0.3 is 14.7 Å². The molecule has 5 rings (SSSR count). The highest BCUT2D eigenvalue weighted by Gasteiger charge is 2.30. The highest BCUT2D eigenvalue weighted by molar-refractivity contribution is 6.36. The summed E-state index contributed by atoms with van der Waals surface area (Å²) in [7, 11) is 0. The summed E-state index contributed by atoms with van der Waals surface area (Å²) in [5, 5.41) is 9.51. The number of piperazine rings is 1. The molecule has 1 fully saturated rings. The number of anilines is 1. The number of halogens is 2. The quantitative estimate of drug-likeness (QED) is 0.271. The van der Waals surface area contributed by atoms with Crippen molar-refractivity contribution in [2.24, 2.45) is 0 Å². The molecule has 1 saturated heterocycles. The Labute approximate surface area is 243 Å². The van der Waals surface area contributed by atoms with Gasteiger partial charge in [-0.2, -0.15) is 0 Å². The maximum atomic E-state index is 13.7. The summed E-state index contributed by atoms with van der Waals surface area (Å²) < 4.78 is 0. The summed E-state index contributed by atoms with van der Waals surface area (Å²) in [6, 6.07) is 27.9. The van der Waals surface area contributed by atoms with Crippen LogP contribution in [0.1, 0.15) is 28.9 Å². The first kappa shape index (κ1) is 27.6. The van der Waals surface area contributed by atoms with Gasteiger partial charge in [0.05, 0.1) is 22.3 Å². The average molecular weight is 575 g/mol. The molecule has 2 amide bonds. The summed E-state index contributed by atoms with van der Waals surface area (Å²) in [6.07, 6.45) is 0. The van der Waals surface area contributed by atoms with Gasteiger partial charge in [-0.15, -0.1) is 10.2 Å². The lowest BCUT2D eigenvalue weighted by molar-refractivity contribution is -0.132. The molecule has 9 heteroatoms. The van der Waals surface area contributed by atoms with E-state index in [0.717, 1.165) is 22.6 Å². The van der Waals surface area contributed by atoms with E-state index in [4.69, 9.17) is 23.2 Å². The van der Waals surface area contributed by atoms with E-state index in [1.54, 1.807) is 21.9 Å². The van der Waals surface area contributed by atoms with Crippen molar-refractivity contribution in [3.05, 3.63) is 112 Å². The van der Waals surface area contributed by atoms with Crippen molar-refractivity contribution in [1.82, 2.24) is 20.0 Å². The van der Waals surface area contributed by atoms with Gasteiger partial charge in [0.1, 0.15) is 6.54 Å². The van der Waals surface area contributed by atoms with E-state index in [0.29, 0.717) is 36.8 Å². The van der Waals surface area contributed by atoms with Crippen LogP contribution in [0.25, 0.3) is 11.3 Å². The zero-order chi connectivity index (χ0) is 28.1. The van der Waals surface area contributed by atoms with Gasteiger partial charge in [-0.25, -0.2) is 0 Å². The number of carbonyl (C=O) groups is 2. The van der Waals surface area contributed by atoms with E-state index in [1.807, 2.05) is 79.7 Å². The van der Waals surface area contributed by atoms with Gasteiger partial charge in [0, 0.05) is 36.8 Å². The van der Waals surface area contributed by atoms with Crippen LogP contribution in [0.5, 0.6) is 0 Å². The van der Waals surface area contributed by atoms with E-state index in [2.05, 4.69) is 15.1 Å². The van der Waals surface area contributed by atoms with Crippen LogP contribution in [0.15, 0.2) is 91.0 Å². The number of carbonyl (C=O) groups excluding carboxylic acids is 2. The molecule has 4 aromatic rings. The average Bonchev–Trinajstić information content (AvgIpc) is 3.00. The van der Waals surface area contributed by atoms with Gasteiger partial charge in [0.25, 0.3) is 5.91 Å². The molecule has 1 aliphatic rings. The van der Waals surface area contributed by atoms with Crippen molar-refractivity contribution in [3.63, 3.8) is 0 Å². The number of hydrogen-bond acceptors (Lipinski definition) is 5. The summed E-state index contributed by atoms with van der Waals surface area (Å²) in [6.45, 7) is 4.13. The van der Waals surface area contributed by atoms with E-state index in [1.165, 1.54) is 6.07 Å². The van der Waals surface area contributed by atoms with Gasteiger partial charge >= 0.3 is 0 Å². The predicted octanol–water partition coefficient (Wildman–Crippen LogP) is 6.00. The zero-order valence-electron chi connectivity index (χ0n) is 22.1. The van der Waals surface area contributed by atoms with Gasteiger partial charge in [-0.3, -0.25) is 9.59 Å². The Balaban J connectivity index is 1.27. The van der Waals surface area contributed by atoms with Crippen molar-refractivity contribution >= 4 is 40.8 Å². The minimum Gasteiger partial charge on any atom is -0.352 e. The Morgan fingerprint density at radius 1 is 0.850 bits per heavy atom. The molecule has 1 aromatic heterocycles. The Hall–Kier alpha value is -3.94. The highest BCUT2D eigenvalue weighted by atomic mass is 35.5. The second-order valence-corrected chi connectivity index (χ2v) is 10.5. The van der Waals surface area contributed by atoms with E-state index >= 15 is 0 Å². The van der Waals surface area contributed by atoms with Crippen molar-refractivity contribution in [2.45, 2.75) is 13.0 Å². The molecule has 0 aliphatic carbocycles. The minimum atomic E-state index is -0.343. The third-order valence-corrected chi connectivity index (χ3v) is 7.70. The molecule has 204 valence electrons. The zero-order valence-corrected chi connectivity index (χ0v) is 23.6. The molecule has 3 aromatic carbocycles. The van der Waals surface area contributed by atoms with Crippen LogP contribution in [0.2, 0.25) is 10.0 Å². The van der Waals surface area contributed by atoms with Crippen LogP contribution in [0, 0.1) is 0 Å². The largest absolute Gasteiger partial charge is 0.352 e. The highest BCUT2D eigenvalue weighted by Crippen LogP contribution is 2.27. The first-order valence-electron chi connectivity index (χ1n) is 13.1. The summed E-state index contributed by atoms with van der Waals surface area (Å²) in [5.74, 6) is 0.337. The lowest BCUT2D eigenvalue weighted by Gasteiger charge is -2.37. The van der Waals surface area contributed by atoms with Crippen molar-refractivity contribution in [3.8, 4) is 11.3 Å². The molecule has 0 bridgehead atoms. The Morgan fingerprint density at radius 2 is 1.52 bits per heavy atom. The molecule has 2 heterocycles. The number of benzene rings is 3. The molecule has 1 aliphatic heterocycles. The van der Waals surface area contributed by atoms with Gasteiger partial charge in [0.15, 0.2) is 5.82 Å². The minimum absolute atomic E-state index is 0.0700. The predicted molar refractivity (Wildman–Crippen MR) is 159 cm³/mol. The van der Waals surface area contributed by atoms with Crippen LogP contribution >= 0.6 is 23.2 Å². The fourth-order valence-electron chi connectivity index (χ4n) is 4.80. The first-order chi connectivity index (χ1) is 19.4. The van der Waals surface area contributed by atoms with Crippen molar-refractivity contribution in [1.29, 1.82) is 0 Å². The Morgan fingerprint density at radius 3 is 2.15 bits per heavy atom. The molecule has 0 radical (unpaired) electrons. The van der Waals surface area contributed by atoms with Crippen LogP contribution in [0.4, 0.5) is 5.82 Å². The molecule has 7 nitrogen and oxygen atoms in total. The monoisotopic (exact) mass is 573 g/mol. The number of rotatable bonds is 7. The summed E-state index contributed by atoms with van der Waals surface area (Å²) in [5.41, 5.74) is 3.07. The Kier molecular flexibility index (Phi) is 8.63. The SMILES string of the molecule is C[C@H](c1ccccc1)N(CC(=O)N1CCN(c2ccc(-c3ccccc3)nn2)CC1)C(=O)c1ccc(Cl)cc1Cl. The fourth-order valence-corrected chi connectivity index (χ4v) is 5.29. The fraction of sp³-hybridized carbons (Fsp3) is 0.226. The molecular weight excluding hydrogens is 545 g/mol. The smallest absolute Gasteiger partial charge is 0.256 e. The van der Waals surface area contributed by atoms with E-state index in [9.17, 15) is 9.59 Å². The van der Waals surface area contributed by atoms with Crippen molar-refractivity contribution in [2.75, 3.05) is 37.6 Å². The second kappa shape index (κ2) is 12.5. The van der Waals surface area contributed by atoms with Crippen LogP contribution in [-0.2, 0) is 4.79 Å². The third kappa shape index (κ3) is 6.27. The molecule has 0 unspecified atom stereocenters. The maximum Gasteiger partial charge on any atom is 0.256 e. The third-order valence-electron chi connectivity index (χ3n) is 7.15. The van der Waals surface area contributed by atoms with Crippen LogP contribution in [0.3, 0.4) is 0 Å². The van der Waals surface area contributed by atoms with Gasteiger partial charge in [-0.05, 0) is 42.8 Å². The van der Waals surface area contributed by atoms with E-state index < -0.39 is 0 Å². The molecule has 1 atom stereocenters. The van der Waals surface area contributed by atoms with E-state index in [-0.39, 0.29) is 29.4 Å². The Bertz CT molecular complexity index is 1460. The second-order valence-electron chi connectivity index (χ2n) is 9.65. The maximum absolute atomic E-state index is 13.7. The first-order valence-corrected chi connectivity index (χ1v) is 13.9. The lowest BCUT2D eigenvalue weighted by atomic mass is 10.1. The van der Waals surface area contributed by atoms with Crippen molar-refractivity contribution < 1.29 is 9.59 Å². The molecular formula is C31H29Cl2N5O2. The molecule has 40 heavy (non-hydrogen) atoms. The normalized spacial score (nSPS) is 14.1. The van der Waals surface area contributed by atoms with Crippen LogP contribution < -0.4 is 4.90 Å². The standard InChI is InChI=1S/C31H29Cl2N5O2/c1-22(23-8-4-2-5-9-23)38(31(40)26-13-12-25(32)20-27(26)33)21-30(39)37-18-16-36(17-19-37)29-15-14-28(34-35-29)24-10-6-3-7-11-24/h2-15,20,22H,16-19,21H2,1H3/t22-/m1/s1. The number of nitrogens with zero attached hydrogens (tertiary/aromatic N) is 5. The van der Waals surface area contributed by atoms with Gasteiger partial charge in [-0.1, -0.05) is 83.9 Å². The number of aromatic nitrogens is 2. The lowest BCUT2D eigenvalue weighted by Crippen LogP contribution is -2.52. The molecule has 0 N–H and O–H groups in total. The summed E-state index contributed by atoms with van der Waals surface area (Å²) >= 11 is 12.4.